The Balaban J connectivity index is 1.74. The van der Waals surface area contributed by atoms with Crippen LogP contribution in [-0.2, 0) is 4.79 Å². The summed E-state index contributed by atoms with van der Waals surface area (Å²) in [6.07, 6.45) is 3.07. The summed E-state index contributed by atoms with van der Waals surface area (Å²) in [4.78, 5) is 29.4. The van der Waals surface area contributed by atoms with Crippen molar-refractivity contribution < 1.29 is 9.59 Å². The number of amides is 2. The fourth-order valence-corrected chi connectivity index (χ4v) is 8.88. The number of hydrogen-bond donors (Lipinski definition) is 1. The van der Waals surface area contributed by atoms with Crippen molar-refractivity contribution in [3.63, 3.8) is 0 Å². The number of nitrogens with zero attached hydrogens (tertiary/aromatic N) is 1. The van der Waals surface area contributed by atoms with E-state index < -0.39 is 7.26 Å². The number of hydrogen-bond acceptors (Lipinski definition) is 2. The molecule has 1 aliphatic heterocycles. The summed E-state index contributed by atoms with van der Waals surface area (Å²) in [5, 5.41) is 6.42. The molecule has 1 heterocycles. The second kappa shape index (κ2) is 12.0. The Morgan fingerprint density at radius 1 is 0.605 bits per heavy atom. The van der Waals surface area contributed by atoms with E-state index in [4.69, 9.17) is 0 Å². The molecule has 0 unspecified atom stereocenters. The summed E-state index contributed by atoms with van der Waals surface area (Å²) < 4.78 is 0. The van der Waals surface area contributed by atoms with Crippen molar-refractivity contribution in [1.29, 1.82) is 0 Å². The Morgan fingerprint density at radius 3 is 1.47 bits per heavy atom. The van der Waals surface area contributed by atoms with Gasteiger partial charge in [0.25, 0.3) is 11.8 Å². The molecule has 5 heteroatoms. The highest BCUT2D eigenvalue weighted by atomic mass is 31.2. The maximum atomic E-state index is 14.1. The van der Waals surface area contributed by atoms with Gasteiger partial charge in [-0.2, -0.15) is 0 Å². The van der Waals surface area contributed by atoms with Crippen LogP contribution in [0.3, 0.4) is 0 Å². The predicted octanol–water partition coefficient (Wildman–Crippen LogP) is 5.26. The Hall–Kier alpha value is -4.01. The zero-order chi connectivity index (χ0) is 26.2. The number of rotatable bonds is 7. The molecule has 1 aliphatic rings. The second-order valence-electron chi connectivity index (χ2n) is 9.45. The summed E-state index contributed by atoms with van der Waals surface area (Å²) in [5.74, 6) is 1.67. The summed E-state index contributed by atoms with van der Waals surface area (Å²) >= 11 is 0. The van der Waals surface area contributed by atoms with E-state index in [2.05, 4.69) is 47.5 Å². The molecule has 4 aromatic rings. The molecule has 4 aromatic carbocycles. The lowest BCUT2D eigenvalue weighted by atomic mass is 10.1. The Labute approximate surface area is 225 Å². The molecule has 190 valence electrons. The van der Waals surface area contributed by atoms with E-state index in [0.29, 0.717) is 24.4 Å². The zero-order valence-corrected chi connectivity index (χ0v) is 22.3. The van der Waals surface area contributed by atoms with E-state index in [0.717, 1.165) is 35.2 Å². The summed E-state index contributed by atoms with van der Waals surface area (Å²) in [5.41, 5.74) is 0.860. The van der Waals surface area contributed by atoms with Crippen LogP contribution < -0.4 is 21.2 Å². The van der Waals surface area contributed by atoms with Crippen LogP contribution in [0.25, 0.3) is 0 Å². The summed E-state index contributed by atoms with van der Waals surface area (Å²) in [6.45, 7) is 1.40. The van der Waals surface area contributed by atoms with Crippen LogP contribution in [0.1, 0.15) is 29.6 Å². The van der Waals surface area contributed by atoms with Gasteiger partial charge in [-0.05, 0) is 67.8 Å². The van der Waals surface area contributed by atoms with E-state index in [1.54, 1.807) is 12.1 Å². The van der Waals surface area contributed by atoms with Crippen LogP contribution in [0, 0.1) is 0 Å². The van der Waals surface area contributed by atoms with Crippen LogP contribution in [0.2, 0.25) is 0 Å². The van der Waals surface area contributed by atoms with Crippen molar-refractivity contribution in [2.45, 2.75) is 19.3 Å². The topological polar surface area (TPSA) is 49.4 Å². The first-order valence-corrected chi connectivity index (χ1v) is 15.0. The second-order valence-corrected chi connectivity index (χ2v) is 12.7. The van der Waals surface area contributed by atoms with Crippen molar-refractivity contribution >= 4 is 35.0 Å². The quantitative estimate of drug-likeness (QED) is 0.267. The molecule has 0 aromatic heterocycles. The molecule has 0 aliphatic carbocycles. The van der Waals surface area contributed by atoms with Gasteiger partial charge in [-0.15, -0.1) is 0 Å². The smallest absolute Gasteiger partial charge is 0.273 e. The van der Waals surface area contributed by atoms with E-state index in [9.17, 15) is 9.59 Å². The first-order valence-electron chi connectivity index (χ1n) is 13.1. The predicted molar refractivity (Wildman–Crippen MR) is 158 cm³/mol. The summed E-state index contributed by atoms with van der Waals surface area (Å²) in [6, 6.07) is 40.1. The number of carbonyl (C=O) groups is 2. The fourth-order valence-electron chi connectivity index (χ4n) is 5.05. The standard InChI is InChI=1S/C33H31N2O2P/c36-32(27-16-6-1-7-17-27)34-31(33(37)35-24-14-5-15-25-35)26-38(28-18-8-2-9-19-28,29-20-10-3-11-21-29)30-22-12-4-13-23-30/h1-4,6-13,16-23,26H,5,14-15,24-25H2/p+1/b31-26-. The molecular weight excluding hydrogens is 487 g/mol. The average Bonchev–Trinajstić information content (AvgIpc) is 3.01. The third-order valence-corrected chi connectivity index (χ3v) is 11.0. The molecule has 0 radical (unpaired) electrons. The molecule has 5 rings (SSSR count). The molecule has 4 nitrogen and oxygen atoms in total. The third kappa shape index (κ3) is 5.46. The number of nitrogens with one attached hydrogen (secondary N) is 1. The Morgan fingerprint density at radius 2 is 1.03 bits per heavy atom. The lowest BCUT2D eigenvalue weighted by Gasteiger charge is -2.29. The minimum absolute atomic E-state index is 0.124. The van der Waals surface area contributed by atoms with Crippen LogP contribution in [0.15, 0.2) is 133 Å². The zero-order valence-electron chi connectivity index (χ0n) is 21.4. The molecular formula is C33H32N2O2P+. The molecule has 2 amide bonds. The molecule has 0 atom stereocenters. The largest absolute Gasteiger partial charge is 0.337 e. The summed E-state index contributed by atoms with van der Waals surface area (Å²) in [7, 11) is -2.49. The van der Waals surface area contributed by atoms with Gasteiger partial charge in [0.1, 0.15) is 34.7 Å². The first kappa shape index (κ1) is 25.6. The Bertz CT molecular complexity index is 1290. The van der Waals surface area contributed by atoms with Gasteiger partial charge in [0.2, 0.25) is 0 Å². The lowest BCUT2D eigenvalue weighted by Crippen LogP contribution is -2.42. The van der Waals surface area contributed by atoms with Crippen molar-refractivity contribution in [3.05, 3.63) is 138 Å². The van der Waals surface area contributed by atoms with E-state index >= 15 is 0 Å². The van der Waals surface area contributed by atoms with Crippen molar-refractivity contribution in [2.75, 3.05) is 13.1 Å². The molecule has 0 spiro atoms. The molecule has 38 heavy (non-hydrogen) atoms. The van der Waals surface area contributed by atoms with E-state index in [1.165, 1.54) is 0 Å². The third-order valence-electron chi connectivity index (χ3n) is 6.97. The Kier molecular flexibility index (Phi) is 8.11. The maximum absolute atomic E-state index is 14.1. The van der Waals surface area contributed by atoms with Gasteiger partial charge in [-0.3, -0.25) is 9.59 Å². The van der Waals surface area contributed by atoms with Gasteiger partial charge >= 0.3 is 0 Å². The van der Waals surface area contributed by atoms with E-state index in [-0.39, 0.29) is 11.8 Å². The van der Waals surface area contributed by atoms with Crippen LogP contribution in [0.5, 0.6) is 0 Å². The highest BCUT2D eigenvalue weighted by molar-refractivity contribution is 7.98. The SMILES string of the molecule is O=C(N/C(=C\[P+](c1ccccc1)(c1ccccc1)c1ccccc1)C(=O)N1CCCCC1)c1ccccc1. The van der Waals surface area contributed by atoms with Crippen LogP contribution in [0.4, 0.5) is 0 Å². The molecule has 1 saturated heterocycles. The van der Waals surface area contributed by atoms with Gasteiger partial charge < -0.3 is 10.2 Å². The molecule has 0 saturated carbocycles. The van der Waals surface area contributed by atoms with Crippen molar-refractivity contribution in [2.24, 2.45) is 0 Å². The highest BCUT2D eigenvalue weighted by Gasteiger charge is 2.45. The molecule has 0 bridgehead atoms. The van der Waals surface area contributed by atoms with Crippen LogP contribution >= 0.6 is 7.26 Å². The minimum Gasteiger partial charge on any atom is -0.337 e. The van der Waals surface area contributed by atoms with Gasteiger partial charge in [0, 0.05) is 18.7 Å². The van der Waals surface area contributed by atoms with Gasteiger partial charge in [0.05, 0.1) is 0 Å². The fraction of sp³-hybridized carbons (Fsp3) is 0.152. The van der Waals surface area contributed by atoms with Gasteiger partial charge in [-0.25, -0.2) is 0 Å². The highest BCUT2D eigenvalue weighted by Crippen LogP contribution is 2.57. The van der Waals surface area contributed by atoms with Crippen molar-refractivity contribution in [1.82, 2.24) is 10.2 Å². The van der Waals surface area contributed by atoms with Crippen LogP contribution in [-0.4, -0.2) is 29.8 Å². The molecule has 1 fully saturated rings. The van der Waals surface area contributed by atoms with Gasteiger partial charge in [-0.1, -0.05) is 72.8 Å². The number of benzene rings is 4. The first-order chi connectivity index (χ1) is 18.7. The minimum atomic E-state index is -2.49. The number of piperidine rings is 1. The average molecular weight is 520 g/mol. The van der Waals surface area contributed by atoms with Crippen molar-refractivity contribution in [3.8, 4) is 0 Å². The maximum Gasteiger partial charge on any atom is 0.273 e. The number of carbonyl (C=O) groups excluding carboxylic acids is 2. The van der Waals surface area contributed by atoms with Gasteiger partial charge in [0.15, 0.2) is 0 Å². The normalized spacial score (nSPS) is 14.1. The lowest BCUT2D eigenvalue weighted by molar-refractivity contribution is -0.128. The monoisotopic (exact) mass is 519 g/mol. The van der Waals surface area contributed by atoms with E-state index in [1.807, 2.05) is 77.7 Å². The molecule has 1 N–H and O–H groups in total. The number of likely N-dealkylation sites (tertiary alicyclic amines) is 1.